The van der Waals surface area contributed by atoms with E-state index in [-0.39, 0.29) is 0 Å². The van der Waals surface area contributed by atoms with Crippen LogP contribution in [0.4, 0.5) is 0 Å². The topological polar surface area (TPSA) is 38.9 Å². The first-order chi connectivity index (χ1) is 26.3. The third-order valence-electron chi connectivity index (χ3n) is 11.2. The number of aromatic nitrogens is 2. The van der Waals surface area contributed by atoms with Gasteiger partial charge in [-0.25, -0.2) is 4.98 Å². The summed E-state index contributed by atoms with van der Waals surface area (Å²) in [5.41, 5.74) is 18.9. The number of benzene rings is 8. The van der Waals surface area contributed by atoms with E-state index in [1.54, 1.807) is 0 Å². The molecule has 0 amide bonds. The Balaban J connectivity index is 1.21. The van der Waals surface area contributed by atoms with Gasteiger partial charge in [0.05, 0.1) is 22.9 Å². The van der Waals surface area contributed by atoms with E-state index in [2.05, 4.69) is 156 Å². The van der Waals surface area contributed by atoms with E-state index in [4.69, 9.17) is 14.4 Å². The summed E-state index contributed by atoms with van der Waals surface area (Å²) in [5, 5.41) is 6.81. The molecule has 3 nitrogen and oxygen atoms in total. The lowest BCUT2D eigenvalue weighted by molar-refractivity contribution is 0.670. The summed E-state index contributed by atoms with van der Waals surface area (Å²) >= 11 is 0. The van der Waals surface area contributed by atoms with Gasteiger partial charge in [0.15, 0.2) is 0 Å². The van der Waals surface area contributed by atoms with E-state index in [1.807, 2.05) is 18.3 Å². The molecule has 3 heteroatoms. The summed E-state index contributed by atoms with van der Waals surface area (Å²) in [6.45, 7) is 11.0. The Bertz CT molecular complexity index is 3120. The van der Waals surface area contributed by atoms with Crippen molar-refractivity contribution in [2.45, 2.75) is 34.6 Å². The number of furan rings is 1. The quantitative estimate of drug-likeness (QED) is 0.172. The van der Waals surface area contributed by atoms with Crippen LogP contribution in [0.25, 0.3) is 99.2 Å². The minimum atomic E-state index is 0.834. The van der Waals surface area contributed by atoms with Crippen molar-refractivity contribution in [3.05, 3.63) is 167 Å². The predicted octanol–water partition coefficient (Wildman–Crippen LogP) is 14.0. The van der Waals surface area contributed by atoms with Crippen molar-refractivity contribution < 1.29 is 4.42 Å². The van der Waals surface area contributed by atoms with Crippen molar-refractivity contribution >= 4 is 54.5 Å². The van der Waals surface area contributed by atoms with Gasteiger partial charge < -0.3 is 4.42 Å². The van der Waals surface area contributed by atoms with Crippen molar-refractivity contribution in [3.63, 3.8) is 0 Å². The van der Waals surface area contributed by atoms with Crippen LogP contribution in [0.5, 0.6) is 0 Å². The highest BCUT2D eigenvalue weighted by atomic mass is 16.3. The van der Waals surface area contributed by atoms with Gasteiger partial charge in [0.2, 0.25) is 0 Å². The molecule has 0 atom stereocenters. The fourth-order valence-corrected chi connectivity index (χ4v) is 8.90. The highest BCUT2D eigenvalue weighted by Crippen LogP contribution is 2.41. The number of rotatable bonds is 4. The highest BCUT2D eigenvalue weighted by Gasteiger charge is 2.18. The van der Waals surface area contributed by atoms with Crippen LogP contribution < -0.4 is 0 Å². The van der Waals surface area contributed by atoms with Gasteiger partial charge in [-0.2, -0.15) is 0 Å². The zero-order valence-electron chi connectivity index (χ0n) is 31.1. The molecule has 0 bridgehead atoms. The Hall–Kier alpha value is -6.58. The molecule has 258 valence electrons. The maximum atomic E-state index is 6.43. The van der Waals surface area contributed by atoms with Gasteiger partial charge in [-0.15, -0.1) is 0 Å². The molecule has 0 N–H and O–H groups in total. The van der Waals surface area contributed by atoms with E-state index < -0.39 is 0 Å². The fraction of sp³-hybridized carbons (Fsp3) is 0.0980. The molecule has 0 spiro atoms. The Morgan fingerprint density at radius 3 is 1.78 bits per heavy atom. The molecule has 2 heterocycles. The molecule has 0 saturated carbocycles. The third kappa shape index (κ3) is 5.03. The number of fused-ring (bicyclic) bond motifs is 9. The summed E-state index contributed by atoms with van der Waals surface area (Å²) in [6.07, 6.45) is 1.94. The van der Waals surface area contributed by atoms with E-state index in [0.29, 0.717) is 0 Å². The molecule has 54 heavy (non-hydrogen) atoms. The molecule has 0 fully saturated rings. The maximum Gasteiger partial charge on any atom is 0.143 e. The van der Waals surface area contributed by atoms with Gasteiger partial charge in [0, 0.05) is 32.7 Å². The van der Waals surface area contributed by atoms with Gasteiger partial charge in [0.25, 0.3) is 0 Å². The lowest BCUT2D eigenvalue weighted by Gasteiger charge is -2.16. The van der Waals surface area contributed by atoms with Gasteiger partial charge >= 0.3 is 0 Å². The molecule has 0 aliphatic heterocycles. The van der Waals surface area contributed by atoms with E-state index >= 15 is 0 Å². The minimum absolute atomic E-state index is 0.834. The molecule has 0 aliphatic carbocycles. The van der Waals surface area contributed by atoms with Crippen LogP contribution in [0, 0.1) is 34.6 Å². The van der Waals surface area contributed by atoms with Crippen LogP contribution in [0.15, 0.2) is 144 Å². The largest absolute Gasteiger partial charge is 0.455 e. The van der Waals surface area contributed by atoms with Crippen LogP contribution >= 0.6 is 0 Å². The summed E-state index contributed by atoms with van der Waals surface area (Å²) in [4.78, 5) is 10.8. The molecule has 0 radical (unpaired) electrons. The Kier molecular flexibility index (Phi) is 7.28. The van der Waals surface area contributed by atoms with Gasteiger partial charge in [-0.1, -0.05) is 115 Å². The first kappa shape index (κ1) is 32.1. The van der Waals surface area contributed by atoms with E-state index in [9.17, 15) is 0 Å². The number of aryl methyl sites for hydroxylation is 5. The van der Waals surface area contributed by atoms with Crippen molar-refractivity contribution in [1.82, 2.24) is 9.97 Å². The molecule has 10 aromatic rings. The van der Waals surface area contributed by atoms with Crippen molar-refractivity contribution in [1.29, 1.82) is 0 Å². The molecule has 8 aromatic carbocycles. The van der Waals surface area contributed by atoms with Crippen molar-refractivity contribution in [2.75, 3.05) is 0 Å². The predicted molar refractivity (Wildman–Crippen MR) is 227 cm³/mol. The molecule has 0 unspecified atom stereocenters. The zero-order valence-corrected chi connectivity index (χ0v) is 31.1. The summed E-state index contributed by atoms with van der Waals surface area (Å²) in [6, 6.07) is 48.0. The van der Waals surface area contributed by atoms with Gasteiger partial charge in [-0.3, -0.25) is 4.98 Å². The second-order valence-electron chi connectivity index (χ2n) is 14.9. The summed E-state index contributed by atoms with van der Waals surface area (Å²) in [7, 11) is 0. The molecule has 0 aliphatic rings. The lowest BCUT2D eigenvalue weighted by Crippen LogP contribution is -1.95. The smallest absolute Gasteiger partial charge is 0.143 e. The zero-order chi connectivity index (χ0) is 36.7. The lowest BCUT2D eigenvalue weighted by atomic mass is 9.89. The van der Waals surface area contributed by atoms with E-state index in [0.717, 1.165) is 66.1 Å². The van der Waals surface area contributed by atoms with Crippen molar-refractivity contribution in [2.24, 2.45) is 0 Å². The molecular formula is C51H38N2O. The average molecular weight is 695 g/mol. The van der Waals surface area contributed by atoms with Crippen molar-refractivity contribution in [3.8, 4) is 44.6 Å². The summed E-state index contributed by atoms with van der Waals surface area (Å²) < 4.78 is 6.43. The van der Waals surface area contributed by atoms with Crippen LogP contribution in [-0.4, -0.2) is 9.97 Å². The van der Waals surface area contributed by atoms with Gasteiger partial charge in [-0.05, 0) is 120 Å². The molecule has 10 rings (SSSR count). The van der Waals surface area contributed by atoms with E-state index in [1.165, 1.54) is 60.8 Å². The number of para-hydroxylation sites is 2. The van der Waals surface area contributed by atoms with Crippen LogP contribution in [0.3, 0.4) is 0 Å². The maximum absolute atomic E-state index is 6.43. The Morgan fingerprint density at radius 2 is 1.04 bits per heavy atom. The molecular weight excluding hydrogens is 657 g/mol. The third-order valence-corrected chi connectivity index (χ3v) is 11.2. The minimum Gasteiger partial charge on any atom is -0.455 e. The van der Waals surface area contributed by atoms with Crippen LogP contribution in [0.1, 0.15) is 27.8 Å². The fourth-order valence-electron chi connectivity index (χ4n) is 8.90. The van der Waals surface area contributed by atoms with Gasteiger partial charge in [0.1, 0.15) is 11.2 Å². The summed E-state index contributed by atoms with van der Waals surface area (Å²) in [5.74, 6) is 0. The second-order valence-corrected chi connectivity index (χ2v) is 14.9. The first-order valence-electron chi connectivity index (χ1n) is 18.6. The monoisotopic (exact) mass is 694 g/mol. The Labute approximate surface area is 314 Å². The Morgan fingerprint density at radius 1 is 0.426 bits per heavy atom. The highest BCUT2D eigenvalue weighted by molar-refractivity contribution is 6.24. The standard InChI is InChI=1S/C51H38N2O/c1-29-23-32(4)48(33(5)24-29)37-20-22-40-39-21-19-36(47-30(2)11-8-12-31(47)3)26-43(39)49-50(44(40)27-37)53-45(28-52-49)35-14-9-13-34(25-35)38-16-10-17-42-41-15-6-7-18-46(41)54-51(38)42/h6-28H,1-5H3. The number of hydrogen-bond acceptors (Lipinski definition) is 3. The average Bonchev–Trinajstić information content (AvgIpc) is 3.56. The number of hydrogen-bond donors (Lipinski definition) is 0. The number of nitrogens with zero attached hydrogens (tertiary/aromatic N) is 2. The van der Waals surface area contributed by atoms with Crippen LogP contribution in [-0.2, 0) is 0 Å². The second kappa shape index (κ2) is 12.2. The van der Waals surface area contributed by atoms with Crippen LogP contribution in [0.2, 0.25) is 0 Å². The molecule has 2 aromatic heterocycles. The normalized spacial score (nSPS) is 11.8. The first-order valence-corrected chi connectivity index (χ1v) is 18.6. The molecule has 0 saturated heterocycles. The SMILES string of the molecule is Cc1cc(C)c(-c2ccc3c4ccc(-c5c(C)cccc5C)cc4c4ncc(-c5cccc(-c6cccc7c6oc6ccccc67)c5)nc4c3c2)c(C)c1.